The van der Waals surface area contributed by atoms with Crippen molar-refractivity contribution in [3.8, 4) is 0 Å². The number of rotatable bonds is 4. The first-order valence-electron chi connectivity index (χ1n) is 4.12. The monoisotopic (exact) mass is 173 g/mol. The fraction of sp³-hybridized carbons (Fsp3) is 0.750. The fourth-order valence-corrected chi connectivity index (χ4v) is 0.969. The van der Waals surface area contributed by atoms with Crippen molar-refractivity contribution >= 4 is 5.97 Å². The van der Waals surface area contributed by atoms with Crippen LogP contribution in [0.25, 0.3) is 0 Å². The molecule has 1 rings (SSSR count). The summed E-state index contributed by atoms with van der Waals surface area (Å²) >= 11 is 0. The minimum absolute atomic E-state index is 0.147. The van der Waals surface area contributed by atoms with E-state index in [0.29, 0.717) is 12.7 Å². The van der Waals surface area contributed by atoms with Crippen LogP contribution in [0.1, 0.15) is 26.2 Å². The molecule has 1 heterocycles. The van der Waals surface area contributed by atoms with Crippen molar-refractivity contribution in [3.05, 3.63) is 6.29 Å². The lowest BCUT2D eigenvalue weighted by Gasteiger charge is -2.05. The Balaban J connectivity index is 2.21. The van der Waals surface area contributed by atoms with Gasteiger partial charge in [0.05, 0.1) is 6.61 Å². The van der Waals surface area contributed by atoms with Crippen molar-refractivity contribution in [3.63, 3.8) is 0 Å². The molecule has 1 fully saturated rings. The molecule has 4 nitrogen and oxygen atoms in total. The summed E-state index contributed by atoms with van der Waals surface area (Å²) in [5, 5.41) is 8.54. The number of unbranched alkanes of at least 4 members (excludes halogenated alkanes) is 1. The highest BCUT2D eigenvalue weighted by Gasteiger charge is 2.31. The normalized spacial score (nSPS) is 24.6. The summed E-state index contributed by atoms with van der Waals surface area (Å²) < 4.78 is 10.1. The molecule has 0 aromatic carbocycles. The van der Waals surface area contributed by atoms with Crippen molar-refractivity contribution in [2.75, 3.05) is 6.61 Å². The van der Waals surface area contributed by atoms with Gasteiger partial charge in [0.2, 0.25) is 6.29 Å². The molecule has 0 aromatic heterocycles. The average molecular weight is 173 g/mol. The van der Waals surface area contributed by atoms with E-state index in [4.69, 9.17) is 14.6 Å². The summed E-state index contributed by atoms with van der Waals surface area (Å²) in [5.74, 6) is -0.957. The van der Waals surface area contributed by atoms with Gasteiger partial charge in [0.1, 0.15) is 0 Å². The maximum absolute atomic E-state index is 10.4. The van der Waals surface area contributed by atoms with Gasteiger partial charge in [0.25, 0.3) is 0 Å². The highest BCUT2D eigenvalue weighted by Crippen LogP contribution is 2.23. The first-order valence-corrected chi connectivity index (χ1v) is 4.12. The number of carboxylic acids is 1. The van der Waals surface area contributed by atoms with Gasteiger partial charge in [-0.3, -0.25) is 0 Å². The van der Waals surface area contributed by atoms with Crippen LogP contribution in [0.3, 0.4) is 0 Å². The molecule has 1 N–H and O–H groups in total. The second kappa shape index (κ2) is 4.42. The third-order valence-corrected chi connectivity index (χ3v) is 1.68. The Morgan fingerprint density at radius 1 is 1.75 bits per heavy atom. The average Bonchev–Trinajstić information content (AvgIpc) is 2.48. The molecule has 1 aliphatic heterocycles. The zero-order valence-corrected chi connectivity index (χ0v) is 7.08. The Labute approximate surface area is 71.5 Å². The zero-order chi connectivity index (χ0) is 8.97. The van der Waals surface area contributed by atoms with Crippen LogP contribution in [-0.4, -0.2) is 23.8 Å². The van der Waals surface area contributed by atoms with Gasteiger partial charge in [-0.15, -0.1) is 0 Å². The van der Waals surface area contributed by atoms with Gasteiger partial charge < -0.3 is 14.6 Å². The minimum atomic E-state index is -0.957. The summed E-state index contributed by atoms with van der Waals surface area (Å²) in [6.45, 7) is 2.21. The molecule has 69 valence electrons. The van der Waals surface area contributed by atoms with E-state index in [1.807, 2.05) is 0 Å². The van der Waals surface area contributed by atoms with Gasteiger partial charge in [0, 0.05) is 6.42 Å². The lowest BCUT2D eigenvalue weighted by Crippen LogP contribution is -2.21. The summed E-state index contributed by atoms with van der Waals surface area (Å²) in [6.07, 6.45) is 2.41. The topological polar surface area (TPSA) is 55.8 Å². The van der Waals surface area contributed by atoms with E-state index in [-0.39, 0.29) is 6.61 Å². The van der Waals surface area contributed by atoms with Gasteiger partial charge in [-0.25, -0.2) is 4.79 Å². The molecule has 0 spiro atoms. The van der Waals surface area contributed by atoms with Crippen molar-refractivity contribution in [1.29, 1.82) is 0 Å². The minimum Gasteiger partial charge on any atom is -0.479 e. The molecule has 0 amide bonds. The van der Waals surface area contributed by atoms with Crippen LogP contribution in [0, 0.1) is 6.29 Å². The van der Waals surface area contributed by atoms with Crippen LogP contribution < -0.4 is 0 Å². The number of hydrogen-bond acceptors (Lipinski definition) is 3. The number of ether oxygens (including phenoxy) is 2. The van der Waals surface area contributed by atoms with Crippen molar-refractivity contribution in [2.45, 2.75) is 32.3 Å². The van der Waals surface area contributed by atoms with Gasteiger partial charge in [-0.1, -0.05) is 13.3 Å². The maximum Gasteiger partial charge on any atom is 0.335 e. The molecular formula is C8H13O4. The van der Waals surface area contributed by atoms with Crippen LogP contribution >= 0.6 is 0 Å². The molecule has 0 aromatic rings. The summed E-state index contributed by atoms with van der Waals surface area (Å²) in [6, 6.07) is 0. The highest BCUT2D eigenvalue weighted by molar-refractivity contribution is 5.72. The van der Waals surface area contributed by atoms with Crippen molar-refractivity contribution < 1.29 is 19.4 Å². The Morgan fingerprint density at radius 3 is 3.00 bits per heavy atom. The number of aliphatic carboxylic acids is 1. The number of carbonyl (C=O) groups is 1. The van der Waals surface area contributed by atoms with E-state index in [9.17, 15) is 4.79 Å². The molecule has 1 unspecified atom stereocenters. The van der Waals surface area contributed by atoms with Gasteiger partial charge in [0.15, 0.2) is 6.10 Å². The molecule has 1 radical (unpaired) electrons. The Morgan fingerprint density at radius 2 is 2.50 bits per heavy atom. The first kappa shape index (κ1) is 9.48. The van der Waals surface area contributed by atoms with Gasteiger partial charge in [-0.05, 0) is 6.42 Å². The van der Waals surface area contributed by atoms with E-state index >= 15 is 0 Å². The second-order valence-corrected chi connectivity index (χ2v) is 2.73. The van der Waals surface area contributed by atoms with E-state index < -0.39 is 12.1 Å². The molecule has 12 heavy (non-hydrogen) atoms. The highest BCUT2D eigenvalue weighted by atomic mass is 16.7. The van der Waals surface area contributed by atoms with Crippen LogP contribution in [-0.2, 0) is 14.3 Å². The zero-order valence-electron chi connectivity index (χ0n) is 7.08. The molecular weight excluding hydrogens is 160 g/mol. The standard InChI is InChI=1S/C8H13O4/c1-2-3-4-7-11-5-6(12-7)8(9)10/h6H,2-5H2,1H3,(H,9,10). The smallest absolute Gasteiger partial charge is 0.335 e. The Kier molecular flexibility index (Phi) is 3.49. The number of carboxylic acid groups (broad SMARTS) is 1. The summed E-state index contributed by atoms with van der Waals surface area (Å²) in [7, 11) is 0. The third kappa shape index (κ3) is 2.46. The summed E-state index contributed by atoms with van der Waals surface area (Å²) in [5.41, 5.74) is 0. The summed E-state index contributed by atoms with van der Waals surface area (Å²) in [4.78, 5) is 10.4. The second-order valence-electron chi connectivity index (χ2n) is 2.73. The Bertz CT molecular complexity index is 157. The van der Waals surface area contributed by atoms with Crippen LogP contribution in [0.4, 0.5) is 0 Å². The molecule has 1 aliphatic rings. The van der Waals surface area contributed by atoms with E-state index in [1.165, 1.54) is 0 Å². The largest absolute Gasteiger partial charge is 0.479 e. The SMILES string of the molecule is CCCC[C]1OCC(C(=O)O)O1. The molecule has 0 aliphatic carbocycles. The van der Waals surface area contributed by atoms with Crippen LogP contribution in [0.5, 0.6) is 0 Å². The van der Waals surface area contributed by atoms with Gasteiger partial charge >= 0.3 is 5.97 Å². The lowest BCUT2D eigenvalue weighted by atomic mass is 10.2. The fourth-order valence-electron chi connectivity index (χ4n) is 0.969. The van der Waals surface area contributed by atoms with Crippen molar-refractivity contribution in [1.82, 2.24) is 0 Å². The molecule has 0 saturated carbocycles. The van der Waals surface area contributed by atoms with E-state index in [1.54, 1.807) is 0 Å². The van der Waals surface area contributed by atoms with Crippen LogP contribution in [0.15, 0.2) is 0 Å². The van der Waals surface area contributed by atoms with Crippen molar-refractivity contribution in [2.24, 2.45) is 0 Å². The van der Waals surface area contributed by atoms with Crippen LogP contribution in [0.2, 0.25) is 0 Å². The number of hydrogen-bond donors (Lipinski definition) is 1. The lowest BCUT2D eigenvalue weighted by molar-refractivity contribution is -0.146. The quantitative estimate of drug-likeness (QED) is 0.693. The van der Waals surface area contributed by atoms with E-state index in [0.717, 1.165) is 12.8 Å². The van der Waals surface area contributed by atoms with E-state index in [2.05, 4.69) is 6.92 Å². The molecule has 1 atom stereocenters. The molecule has 1 saturated heterocycles. The Hall–Kier alpha value is -0.610. The molecule has 4 heteroatoms. The maximum atomic E-state index is 10.4. The predicted octanol–water partition coefficient (Wildman–Crippen LogP) is 1.17. The third-order valence-electron chi connectivity index (χ3n) is 1.68. The molecule has 0 bridgehead atoms. The first-order chi connectivity index (χ1) is 5.74. The van der Waals surface area contributed by atoms with Gasteiger partial charge in [-0.2, -0.15) is 0 Å². The predicted molar refractivity (Wildman–Crippen MR) is 41.2 cm³/mol.